The highest BCUT2D eigenvalue weighted by atomic mass is 16.4. The Kier molecular flexibility index (Phi) is 13.6. The fraction of sp³-hybridized carbons (Fsp3) is 0.542. The molecule has 5 atom stereocenters. The smallest absolute Gasteiger partial charge is 0.326 e. The fourth-order valence-electron chi connectivity index (χ4n) is 3.36. The van der Waals surface area contributed by atoms with Gasteiger partial charge in [-0.2, -0.15) is 0 Å². The van der Waals surface area contributed by atoms with E-state index in [1.807, 2.05) is 6.92 Å². The second kappa shape index (κ2) is 16.0. The highest BCUT2D eigenvalue weighted by Gasteiger charge is 2.31. The lowest BCUT2D eigenvalue weighted by atomic mass is 9.99. The van der Waals surface area contributed by atoms with Gasteiger partial charge >= 0.3 is 5.97 Å². The molecule has 0 spiro atoms. The van der Waals surface area contributed by atoms with E-state index in [4.69, 9.17) is 17.2 Å². The summed E-state index contributed by atoms with van der Waals surface area (Å²) in [5.41, 5.74) is 17.0. The van der Waals surface area contributed by atoms with Crippen LogP contribution >= 0.6 is 0 Å². The number of phenolic OH excluding ortho intramolecular Hbond substituents is 1. The van der Waals surface area contributed by atoms with E-state index in [0.29, 0.717) is 12.0 Å². The predicted octanol–water partition coefficient (Wildman–Crippen LogP) is -2.11. The van der Waals surface area contributed by atoms with Crippen LogP contribution in [-0.2, 0) is 25.6 Å². The van der Waals surface area contributed by atoms with Crippen LogP contribution in [0.5, 0.6) is 5.75 Å². The van der Waals surface area contributed by atoms with Crippen LogP contribution in [0.2, 0.25) is 0 Å². The second-order valence-electron chi connectivity index (χ2n) is 8.94. The number of aliphatic hydroxyl groups excluding tert-OH is 1. The molecular weight excluding hydrogens is 498 g/mol. The average molecular weight is 538 g/mol. The first-order chi connectivity index (χ1) is 17.9. The van der Waals surface area contributed by atoms with Crippen LogP contribution in [0, 0.1) is 5.92 Å². The first kappa shape index (κ1) is 32.1. The summed E-state index contributed by atoms with van der Waals surface area (Å²) in [5.74, 6) is -3.93. The van der Waals surface area contributed by atoms with Gasteiger partial charge in [0, 0.05) is 13.0 Å². The summed E-state index contributed by atoms with van der Waals surface area (Å²) < 4.78 is 0. The summed E-state index contributed by atoms with van der Waals surface area (Å²) >= 11 is 0. The third kappa shape index (κ3) is 11.0. The number of hydrogen-bond acceptors (Lipinski definition) is 8. The molecule has 0 fully saturated rings. The molecule has 0 aliphatic heterocycles. The van der Waals surface area contributed by atoms with Crippen molar-refractivity contribution >= 4 is 29.7 Å². The SMILES string of the molecule is CCC(C)C(N)C(=O)NC(CO)C(=O)NC(Cc1ccc(O)cc1)C(=O)NC(CCCN=C(N)N)C(=O)O. The average Bonchev–Trinajstić information content (AvgIpc) is 2.88. The van der Waals surface area contributed by atoms with Gasteiger partial charge in [0.1, 0.15) is 23.9 Å². The van der Waals surface area contributed by atoms with E-state index in [1.54, 1.807) is 6.92 Å². The van der Waals surface area contributed by atoms with Gasteiger partial charge in [0.15, 0.2) is 5.96 Å². The first-order valence-corrected chi connectivity index (χ1v) is 12.2. The second-order valence-corrected chi connectivity index (χ2v) is 8.94. The highest BCUT2D eigenvalue weighted by molar-refractivity contribution is 5.94. The van der Waals surface area contributed by atoms with Crippen molar-refractivity contribution in [2.75, 3.05) is 13.2 Å². The summed E-state index contributed by atoms with van der Waals surface area (Å²) in [6.45, 7) is 3.02. The van der Waals surface area contributed by atoms with Crippen LogP contribution in [0.4, 0.5) is 0 Å². The van der Waals surface area contributed by atoms with E-state index in [-0.39, 0.29) is 43.4 Å². The lowest BCUT2D eigenvalue weighted by Gasteiger charge is -2.25. The maximum absolute atomic E-state index is 13.1. The van der Waals surface area contributed by atoms with Gasteiger partial charge < -0.3 is 48.5 Å². The van der Waals surface area contributed by atoms with E-state index in [0.717, 1.165) is 0 Å². The van der Waals surface area contributed by atoms with Crippen molar-refractivity contribution in [3.63, 3.8) is 0 Å². The molecule has 38 heavy (non-hydrogen) atoms. The number of aliphatic imine (C=N–C) groups is 1. The number of phenols is 1. The van der Waals surface area contributed by atoms with Gasteiger partial charge in [-0.15, -0.1) is 0 Å². The first-order valence-electron chi connectivity index (χ1n) is 12.2. The number of aromatic hydroxyl groups is 1. The third-order valence-electron chi connectivity index (χ3n) is 5.94. The number of hydrogen-bond donors (Lipinski definition) is 9. The van der Waals surface area contributed by atoms with Crippen LogP contribution in [0.15, 0.2) is 29.3 Å². The van der Waals surface area contributed by atoms with E-state index in [9.17, 15) is 34.5 Å². The minimum atomic E-state index is -1.40. The summed E-state index contributed by atoms with van der Waals surface area (Å²) in [7, 11) is 0. The highest BCUT2D eigenvalue weighted by Crippen LogP contribution is 2.12. The van der Waals surface area contributed by atoms with Crippen LogP contribution in [-0.4, -0.2) is 82.3 Å². The molecule has 5 unspecified atom stereocenters. The van der Waals surface area contributed by atoms with Crippen molar-refractivity contribution in [1.82, 2.24) is 16.0 Å². The van der Waals surface area contributed by atoms with Gasteiger partial charge in [-0.3, -0.25) is 19.4 Å². The van der Waals surface area contributed by atoms with Crippen molar-refractivity contribution in [2.24, 2.45) is 28.1 Å². The third-order valence-corrected chi connectivity index (χ3v) is 5.94. The number of aliphatic carboxylic acids is 1. The Balaban J connectivity index is 3.05. The van der Waals surface area contributed by atoms with Crippen molar-refractivity contribution in [1.29, 1.82) is 0 Å². The van der Waals surface area contributed by atoms with E-state index in [2.05, 4.69) is 20.9 Å². The zero-order valence-electron chi connectivity index (χ0n) is 21.6. The Morgan fingerprint density at radius 2 is 1.50 bits per heavy atom. The lowest BCUT2D eigenvalue weighted by Crippen LogP contribution is -2.59. The van der Waals surface area contributed by atoms with Crippen LogP contribution in [0.3, 0.4) is 0 Å². The molecule has 12 N–H and O–H groups in total. The zero-order chi connectivity index (χ0) is 28.8. The minimum Gasteiger partial charge on any atom is -0.508 e. The van der Waals surface area contributed by atoms with E-state index < -0.39 is 54.5 Å². The number of carbonyl (C=O) groups is 4. The number of nitrogens with zero attached hydrogens (tertiary/aromatic N) is 1. The van der Waals surface area contributed by atoms with Gasteiger partial charge in [-0.05, 0) is 36.5 Å². The van der Waals surface area contributed by atoms with Crippen molar-refractivity contribution in [3.8, 4) is 5.75 Å². The normalized spacial score (nSPS) is 14.7. The van der Waals surface area contributed by atoms with Gasteiger partial charge in [0.25, 0.3) is 0 Å². The van der Waals surface area contributed by atoms with E-state index in [1.165, 1.54) is 24.3 Å². The molecule has 1 rings (SSSR count). The van der Waals surface area contributed by atoms with Crippen LogP contribution in [0.1, 0.15) is 38.7 Å². The molecule has 0 saturated heterocycles. The maximum Gasteiger partial charge on any atom is 0.326 e. The molecule has 14 nitrogen and oxygen atoms in total. The van der Waals surface area contributed by atoms with Crippen molar-refractivity contribution in [3.05, 3.63) is 29.8 Å². The standard InChI is InChI=1S/C24H39N7O7/c1-3-13(2)19(25)22(36)31-18(12-32)21(35)30-17(11-14-6-8-15(33)9-7-14)20(34)29-16(23(37)38)5-4-10-28-24(26)27/h6-9,13,16-19,32-33H,3-5,10-12,25H2,1-2H3,(H,29,34)(H,30,35)(H,31,36)(H,37,38)(H4,26,27,28). The molecule has 3 amide bonds. The van der Waals surface area contributed by atoms with Crippen LogP contribution < -0.4 is 33.2 Å². The van der Waals surface area contributed by atoms with Crippen LogP contribution in [0.25, 0.3) is 0 Å². The number of amides is 3. The van der Waals surface area contributed by atoms with Crippen molar-refractivity contribution in [2.45, 2.75) is 63.7 Å². The molecule has 0 bridgehead atoms. The molecule has 0 aromatic heterocycles. The number of guanidine groups is 1. The predicted molar refractivity (Wildman–Crippen MR) is 140 cm³/mol. The summed E-state index contributed by atoms with van der Waals surface area (Å²) in [6, 6.07) is 0.963. The molecule has 0 aliphatic rings. The van der Waals surface area contributed by atoms with Gasteiger partial charge in [0.2, 0.25) is 17.7 Å². The molecule has 0 heterocycles. The summed E-state index contributed by atoms with van der Waals surface area (Å²) in [4.78, 5) is 53.9. The Labute approximate surface area is 221 Å². The number of nitrogens with one attached hydrogen (secondary N) is 3. The van der Waals surface area contributed by atoms with Gasteiger partial charge in [-0.1, -0.05) is 32.4 Å². The number of carboxylic acid groups (broad SMARTS) is 1. The molecule has 0 aliphatic carbocycles. The summed E-state index contributed by atoms with van der Waals surface area (Å²) in [6.07, 6.45) is 0.826. The molecular formula is C24H39N7O7. The number of rotatable bonds is 16. The lowest BCUT2D eigenvalue weighted by molar-refractivity contribution is -0.142. The topological polar surface area (TPSA) is 255 Å². The Hall–Kier alpha value is -3.91. The number of benzene rings is 1. The number of aliphatic hydroxyl groups is 1. The quantitative estimate of drug-likeness (QED) is 0.0630. The zero-order valence-corrected chi connectivity index (χ0v) is 21.6. The van der Waals surface area contributed by atoms with Gasteiger partial charge in [0.05, 0.1) is 12.6 Å². The largest absolute Gasteiger partial charge is 0.508 e. The fourth-order valence-corrected chi connectivity index (χ4v) is 3.36. The summed E-state index contributed by atoms with van der Waals surface area (Å²) in [5, 5.41) is 36.1. The molecule has 1 aromatic rings. The Morgan fingerprint density at radius 3 is 2.03 bits per heavy atom. The minimum absolute atomic E-state index is 0.00814. The molecule has 212 valence electrons. The van der Waals surface area contributed by atoms with E-state index >= 15 is 0 Å². The molecule has 0 saturated carbocycles. The number of carbonyl (C=O) groups excluding carboxylic acids is 3. The van der Waals surface area contributed by atoms with Gasteiger partial charge in [-0.25, -0.2) is 4.79 Å². The number of carboxylic acids is 1. The van der Waals surface area contributed by atoms with Crippen molar-refractivity contribution < 1.29 is 34.5 Å². The Bertz CT molecular complexity index is 967. The maximum atomic E-state index is 13.1. The Morgan fingerprint density at radius 1 is 0.947 bits per heavy atom. The monoisotopic (exact) mass is 537 g/mol. The number of nitrogens with two attached hydrogens (primary N) is 3. The molecule has 0 radical (unpaired) electrons. The molecule has 1 aromatic carbocycles. The molecule has 14 heteroatoms.